The van der Waals surface area contributed by atoms with Crippen LogP contribution in [0.15, 0.2) is 73.1 Å². The molecule has 2 aromatic carbocycles. The van der Waals surface area contributed by atoms with Gasteiger partial charge in [0.15, 0.2) is 0 Å². The second-order valence-corrected chi connectivity index (χ2v) is 7.26. The van der Waals surface area contributed by atoms with Crippen molar-refractivity contribution in [2.24, 2.45) is 0 Å². The molecule has 0 aliphatic carbocycles. The number of hydrogen-bond donors (Lipinski definition) is 2. The number of rotatable bonds is 4. The fraction of sp³-hybridized carbons (Fsp3) is 0.115. The van der Waals surface area contributed by atoms with Gasteiger partial charge in [-0.1, -0.05) is 30.2 Å². The summed E-state index contributed by atoms with van der Waals surface area (Å²) >= 11 is 0. The molecule has 0 saturated carbocycles. The minimum atomic E-state index is -0.368. The van der Waals surface area contributed by atoms with E-state index in [9.17, 15) is 9.18 Å². The molecule has 2 N–H and O–H groups in total. The predicted molar refractivity (Wildman–Crippen MR) is 125 cm³/mol. The average Bonchev–Trinajstić information content (AvgIpc) is 2.83. The molecule has 2 heterocycles. The van der Waals surface area contributed by atoms with E-state index in [0.717, 1.165) is 21.9 Å². The largest absolute Gasteiger partial charge is 0.309 e. The van der Waals surface area contributed by atoms with E-state index in [4.69, 9.17) is 0 Å². The lowest BCUT2D eigenvalue weighted by molar-refractivity contribution is -0.117. The van der Waals surface area contributed by atoms with Gasteiger partial charge < -0.3 is 10.6 Å². The van der Waals surface area contributed by atoms with Gasteiger partial charge in [0.25, 0.3) is 0 Å². The maximum absolute atomic E-state index is 13.2. The Morgan fingerprint density at radius 3 is 2.53 bits per heavy atom. The zero-order chi connectivity index (χ0) is 22.5. The molecule has 0 saturated heterocycles. The summed E-state index contributed by atoms with van der Waals surface area (Å²) in [4.78, 5) is 21.3. The number of halogens is 1. The highest BCUT2D eigenvalue weighted by Crippen LogP contribution is 2.30. The molecule has 0 radical (unpaired) electrons. The monoisotopic (exact) mass is 424 g/mol. The lowest BCUT2D eigenvalue weighted by atomic mass is 9.99. The summed E-state index contributed by atoms with van der Waals surface area (Å²) < 4.78 is 13.2. The standard InChI is InChI=1S/C26H21FN4O/c1-17(28-2)26(32)31-25-14-12-22(23-16-29-15-19-5-3-4-6-21(19)23)24(30-25)13-9-18-7-10-20(27)11-8-18/h3-8,10-12,14-17,28H,1-2H3,(H,30,31,32). The zero-order valence-corrected chi connectivity index (χ0v) is 17.7. The van der Waals surface area contributed by atoms with Crippen molar-refractivity contribution in [2.45, 2.75) is 13.0 Å². The normalized spacial score (nSPS) is 11.5. The minimum Gasteiger partial charge on any atom is -0.309 e. The highest BCUT2D eigenvalue weighted by molar-refractivity contribution is 5.97. The molecule has 2 aromatic heterocycles. The number of pyridine rings is 2. The van der Waals surface area contributed by atoms with Gasteiger partial charge >= 0.3 is 0 Å². The van der Waals surface area contributed by atoms with Gasteiger partial charge in [-0.2, -0.15) is 0 Å². The van der Waals surface area contributed by atoms with Crippen molar-refractivity contribution in [1.82, 2.24) is 15.3 Å². The molecule has 6 heteroatoms. The molecule has 32 heavy (non-hydrogen) atoms. The van der Waals surface area contributed by atoms with Crippen molar-refractivity contribution in [2.75, 3.05) is 12.4 Å². The second-order valence-electron chi connectivity index (χ2n) is 7.26. The number of hydrogen-bond acceptors (Lipinski definition) is 4. The molecule has 5 nitrogen and oxygen atoms in total. The highest BCUT2D eigenvalue weighted by Gasteiger charge is 2.14. The van der Waals surface area contributed by atoms with Crippen LogP contribution in [0.4, 0.5) is 10.2 Å². The van der Waals surface area contributed by atoms with Gasteiger partial charge in [-0.05, 0) is 61.7 Å². The van der Waals surface area contributed by atoms with Gasteiger partial charge in [-0.3, -0.25) is 9.78 Å². The smallest absolute Gasteiger partial charge is 0.242 e. The Balaban J connectivity index is 1.82. The summed E-state index contributed by atoms with van der Waals surface area (Å²) in [5.74, 6) is 6.01. The van der Waals surface area contributed by atoms with Gasteiger partial charge in [0, 0.05) is 34.5 Å². The minimum absolute atomic E-state index is 0.197. The highest BCUT2D eigenvalue weighted by atomic mass is 19.1. The summed E-state index contributed by atoms with van der Waals surface area (Å²) in [6.45, 7) is 1.76. The predicted octanol–water partition coefficient (Wildman–Crippen LogP) is 4.38. The number of carbonyl (C=O) groups is 1. The number of amides is 1. The molecule has 0 fully saturated rings. The molecule has 0 aliphatic rings. The summed E-state index contributed by atoms with van der Waals surface area (Å²) in [6, 6.07) is 17.2. The van der Waals surface area contributed by atoms with Crippen molar-refractivity contribution in [3.8, 4) is 23.0 Å². The second kappa shape index (κ2) is 9.38. The Labute approximate surface area is 185 Å². The van der Waals surface area contributed by atoms with E-state index in [1.807, 2.05) is 36.5 Å². The first-order chi connectivity index (χ1) is 15.5. The Kier molecular flexibility index (Phi) is 6.20. The molecule has 4 aromatic rings. The van der Waals surface area contributed by atoms with Crippen molar-refractivity contribution >= 4 is 22.5 Å². The van der Waals surface area contributed by atoms with Crippen molar-refractivity contribution in [3.63, 3.8) is 0 Å². The first kappa shape index (κ1) is 21.2. The lowest BCUT2D eigenvalue weighted by Crippen LogP contribution is -2.35. The van der Waals surface area contributed by atoms with Crippen LogP contribution in [0.1, 0.15) is 18.2 Å². The molecular formula is C26H21FN4O. The van der Waals surface area contributed by atoms with E-state index < -0.39 is 0 Å². The Morgan fingerprint density at radius 2 is 1.75 bits per heavy atom. The van der Waals surface area contributed by atoms with E-state index in [1.54, 1.807) is 38.4 Å². The quantitative estimate of drug-likeness (QED) is 0.477. The number of likely N-dealkylation sites (N-methyl/N-ethyl adjacent to an activating group) is 1. The Morgan fingerprint density at radius 1 is 0.969 bits per heavy atom. The van der Waals surface area contributed by atoms with Crippen LogP contribution in [-0.4, -0.2) is 29.0 Å². The van der Waals surface area contributed by atoms with Crippen LogP contribution in [0.2, 0.25) is 0 Å². The van der Waals surface area contributed by atoms with E-state index in [0.29, 0.717) is 17.1 Å². The van der Waals surface area contributed by atoms with Crippen LogP contribution in [0.5, 0.6) is 0 Å². The van der Waals surface area contributed by atoms with Crippen LogP contribution < -0.4 is 10.6 Å². The topological polar surface area (TPSA) is 66.9 Å². The molecule has 4 rings (SSSR count). The Bertz CT molecular complexity index is 1330. The maximum Gasteiger partial charge on any atom is 0.242 e. The number of nitrogens with one attached hydrogen (secondary N) is 2. The van der Waals surface area contributed by atoms with Crippen LogP contribution in [0, 0.1) is 17.7 Å². The molecule has 0 spiro atoms. The fourth-order valence-corrected chi connectivity index (χ4v) is 3.20. The number of carbonyl (C=O) groups excluding carboxylic acids is 1. The van der Waals surface area contributed by atoms with Gasteiger partial charge in [0.1, 0.15) is 17.3 Å². The third-order valence-corrected chi connectivity index (χ3v) is 5.10. The van der Waals surface area contributed by atoms with Crippen molar-refractivity contribution < 1.29 is 9.18 Å². The zero-order valence-electron chi connectivity index (χ0n) is 17.7. The van der Waals surface area contributed by atoms with Crippen molar-refractivity contribution in [1.29, 1.82) is 0 Å². The average molecular weight is 424 g/mol. The van der Waals surface area contributed by atoms with E-state index in [1.165, 1.54) is 12.1 Å². The van der Waals surface area contributed by atoms with Gasteiger partial charge in [0.2, 0.25) is 5.91 Å². The lowest BCUT2D eigenvalue weighted by Gasteiger charge is -2.13. The summed E-state index contributed by atoms with van der Waals surface area (Å²) in [5.41, 5.74) is 2.83. The van der Waals surface area contributed by atoms with Gasteiger partial charge in [0.05, 0.1) is 6.04 Å². The molecule has 0 aliphatic heterocycles. The maximum atomic E-state index is 13.2. The van der Waals surface area contributed by atoms with Crippen LogP contribution in [-0.2, 0) is 4.79 Å². The van der Waals surface area contributed by atoms with Gasteiger partial charge in [-0.25, -0.2) is 9.37 Å². The SMILES string of the molecule is CNC(C)C(=O)Nc1ccc(-c2cncc3ccccc23)c(C#Cc2ccc(F)cc2)n1. The number of benzene rings is 2. The summed E-state index contributed by atoms with van der Waals surface area (Å²) in [5, 5.41) is 7.74. The molecule has 0 bridgehead atoms. The van der Waals surface area contributed by atoms with Crippen LogP contribution >= 0.6 is 0 Å². The van der Waals surface area contributed by atoms with Crippen molar-refractivity contribution in [3.05, 3.63) is 90.1 Å². The van der Waals surface area contributed by atoms with E-state index in [2.05, 4.69) is 32.4 Å². The molecule has 1 unspecified atom stereocenters. The summed E-state index contributed by atoms with van der Waals surface area (Å²) in [7, 11) is 1.72. The number of nitrogens with zero attached hydrogens (tertiary/aromatic N) is 2. The van der Waals surface area contributed by atoms with Crippen LogP contribution in [0.3, 0.4) is 0 Å². The third kappa shape index (κ3) is 4.64. The first-order valence-electron chi connectivity index (χ1n) is 10.1. The number of anilines is 1. The van der Waals surface area contributed by atoms with E-state index >= 15 is 0 Å². The fourth-order valence-electron chi connectivity index (χ4n) is 3.20. The van der Waals surface area contributed by atoms with E-state index in [-0.39, 0.29) is 17.8 Å². The molecule has 1 atom stereocenters. The molecule has 158 valence electrons. The van der Waals surface area contributed by atoms with Gasteiger partial charge in [-0.15, -0.1) is 0 Å². The molecular weight excluding hydrogens is 403 g/mol. The first-order valence-corrected chi connectivity index (χ1v) is 10.1. The Hall–Kier alpha value is -4.08. The van der Waals surface area contributed by atoms with Crippen LogP contribution in [0.25, 0.3) is 21.9 Å². The number of aromatic nitrogens is 2. The third-order valence-electron chi connectivity index (χ3n) is 5.10. The number of fused-ring (bicyclic) bond motifs is 1. The molecule has 1 amide bonds. The summed E-state index contributed by atoms with van der Waals surface area (Å²) in [6.07, 6.45) is 3.59.